The quantitative estimate of drug-likeness (QED) is 0.477. The highest BCUT2D eigenvalue weighted by atomic mass is 16.6. The van der Waals surface area contributed by atoms with Gasteiger partial charge in [0.1, 0.15) is 6.10 Å². The van der Waals surface area contributed by atoms with Crippen molar-refractivity contribution >= 4 is 11.8 Å². The van der Waals surface area contributed by atoms with Crippen LogP contribution in [0.4, 0.5) is 0 Å². The van der Waals surface area contributed by atoms with Crippen LogP contribution in [0, 0.1) is 34.5 Å². The van der Waals surface area contributed by atoms with Gasteiger partial charge in [0, 0.05) is 12.3 Å². The number of Topliss-reactive ketones (excluding diaryl/α,β-unsaturated/α-hetero) is 1. The molecule has 166 valence electrons. The molecule has 3 N–H and O–H groups in total. The Hall–Kier alpha value is -1.50. The molecule has 2 bridgehead atoms. The smallest absolute Gasteiger partial charge is 0.306 e. The molecule has 0 amide bonds. The van der Waals surface area contributed by atoms with Crippen molar-refractivity contribution in [1.82, 2.24) is 0 Å². The third-order valence-corrected chi connectivity index (χ3v) is 8.60. The van der Waals surface area contributed by atoms with E-state index in [4.69, 9.17) is 4.74 Å². The number of rotatable bonds is 4. The maximum absolute atomic E-state index is 14.1. The standard InChI is InChI=1S/C24H34O6/c1-6-7-17(26)30-21-12(2)10-23-13(3)8-16-18(22(16,4)5)15(20(23)28)9-14(11-25)19(27)24(21,23)29/h9-10,13,15-16,18-19,21,25,27,29H,6-8,11H2,1-5H3/t13-,15+,16-,18+,19-,21+,23+,24+/m1/s1. The van der Waals surface area contributed by atoms with E-state index in [9.17, 15) is 24.9 Å². The predicted octanol–water partition coefficient (Wildman–Crippen LogP) is 2.17. The molecule has 4 aliphatic carbocycles. The van der Waals surface area contributed by atoms with E-state index in [-0.39, 0.29) is 35.0 Å². The minimum atomic E-state index is -2.04. The molecule has 0 aromatic rings. The van der Waals surface area contributed by atoms with Crippen molar-refractivity contribution in [1.29, 1.82) is 0 Å². The van der Waals surface area contributed by atoms with Crippen LogP contribution in [0.15, 0.2) is 23.3 Å². The van der Waals surface area contributed by atoms with Crippen LogP contribution in [0.5, 0.6) is 0 Å². The number of carbonyl (C=O) groups is 2. The zero-order chi connectivity index (χ0) is 22.2. The van der Waals surface area contributed by atoms with Gasteiger partial charge in [0.25, 0.3) is 0 Å². The molecule has 0 aromatic heterocycles. The Labute approximate surface area is 178 Å². The number of hydrogen-bond donors (Lipinski definition) is 3. The number of carbonyl (C=O) groups excluding carboxylic acids is 2. The Morgan fingerprint density at radius 2 is 2.00 bits per heavy atom. The number of allylic oxidation sites excluding steroid dienone is 1. The summed E-state index contributed by atoms with van der Waals surface area (Å²) in [6.07, 6.45) is 2.33. The zero-order valence-electron chi connectivity index (χ0n) is 18.5. The van der Waals surface area contributed by atoms with Crippen LogP contribution in [-0.4, -0.2) is 51.5 Å². The summed E-state index contributed by atoms with van der Waals surface area (Å²) in [5.41, 5.74) is -2.61. The van der Waals surface area contributed by atoms with Crippen LogP contribution in [0.1, 0.15) is 53.9 Å². The molecule has 0 aliphatic heterocycles. The van der Waals surface area contributed by atoms with Crippen molar-refractivity contribution in [3.8, 4) is 0 Å². The van der Waals surface area contributed by atoms with Crippen LogP contribution >= 0.6 is 0 Å². The molecule has 1 spiro atoms. The number of aliphatic hydroxyl groups is 3. The van der Waals surface area contributed by atoms with E-state index in [0.29, 0.717) is 17.9 Å². The Kier molecular flexibility index (Phi) is 4.89. The maximum Gasteiger partial charge on any atom is 0.306 e. The topological polar surface area (TPSA) is 104 Å². The lowest BCUT2D eigenvalue weighted by Gasteiger charge is -2.48. The third kappa shape index (κ3) is 2.47. The van der Waals surface area contributed by atoms with E-state index in [1.165, 1.54) is 0 Å². The van der Waals surface area contributed by atoms with Gasteiger partial charge in [-0.25, -0.2) is 0 Å². The first-order chi connectivity index (χ1) is 14.0. The lowest BCUT2D eigenvalue weighted by Crippen LogP contribution is -2.65. The van der Waals surface area contributed by atoms with Gasteiger partial charge in [-0.3, -0.25) is 9.59 Å². The van der Waals surface area contributed by atoms with Crippen molar-refractivity contribution in [3.05, 3.63) is 23.3 Å². The minimum Gasteiger partial charge on any atom is -0.455 e. The fourth-order valence-electron chi connectivity index (χ4n) is 6.99. The molecule has 2 fully saturated rings. The van der Waals surface area contributed by atoms with Crippen molar-refractivity contribution in [2.45, 2.75) is 71.7 Å². The number of ketones is 1. The van der Waals surface area contributed by atoms with Crippen molar-refractivity contribution in [2.75, 3.05) is 6.61 Å². The highest BCUT2D eigenvalue weighted by Crippen LogP contribution is 2.71. The predicted molar refractivity (Wildman–Crippen MR) is 110 cm³/mol. The fourth-order valence-corrected chi connectivity index (χ4v) is 6.99. The van der Waals surface area contributed by atoms with Gasteiger partial charge in [-0.2, -0.15) is 0 Å². The number of fused-ring (bicyclic) bond motifs is 3. The largest absolute Gasteiger partial charge is 0.455 e. The first-order valence-electron chi connectivity index (χ1n) is 11.1. The molecular weight excluding hydrogens is 384 g/mol. The van der Waals surface area contributed by atoms with E-state index in [1.807, 2.05) is 13.8 Å². The lowest BCUT2D eigenvalue weighted by atomic mass is 9.59. The second-order valence-electron chi connectivity index (χ2n) is 10.5. The van der Waals surface area contributed by atoms with E-state index < -0.39 is 41.7 Å². The van der Waals surface area contributed by atoms with Gasteiger partial charge in [0.05, 0.1) is 12.0 Å². The summed E-state index contributed by atoms with van der Waals surface area (Å²) in [5, 5.41) is 33.5. The number of hydrogen-bond acceptors (Lipinski definition) is 6. The van der Waals surface area contributed by atoms with E-state index in [0.717, 1.165) is 6.42 Å². The normalized spacial score (nSPS) is 46.1. The van der Waals surface area contributed by atoms with Gasteiger partial charge in [-0.1, -0.05) is 39.8 Å². The Morgan fingerprint density at radius 1 is 1.33 bits per heavy atom. The van der Waals surface area contributed by atoms with Crippen LogP contribution < -0.4 is 0 Å². The molecule has 30 heavy (non-hydrogen) atoms. The molecule has 2 saturated carbocycles. The van der Waals surface area contributed by atoms with E-state index in [1.54, 1.807) is 19.1 Å². The average molecular weight is 419 g/mol. The lowest BCUT2D eigenvalue weighted by molar-refractivity contribution is -0.203. The second-order valence-corrected chi connectivity index (χ2v) is 10.5. The molecule has 0 unspecified atom stereocenters. The SMILES string of the molecule is CCCC(=O)O[C@H]1C(C)=C[C@]23C(=O)[C@@H](C=C(CO)[C@@H](O)[C@]12O)[C@H]1[C@@H](C[C@H]3C)C1(C)C. The summed E-state index contributed by atoms with van der Waals surface area (Å²) in [7, 11) is 0. The molecule has 0 radical (unpaired) electrons. The highest BCUT2D eigenvalue weighted by Gasteiger charge is 2.76. The molecule has 4 rings (SSSR count). The van der Waals surface area contributed by atoms with Crippen LogP contribution in [0.3, 0.4) is 0 Å². The summed E-state index contributed by atoms with van der Waals surface area (Å²) in [6, 6.07) is 0. The van der Waals surface area contributed by atoms with Gasteiger partial charge in [-0.05, 0) is 54.1 Å². The Bertz CT molecular complexity index is 841. The molecule has 4 aliphatic rings. The number of esters is 1. The first-order valence-corrected chi connectivity index (χ1v) is 11.1. The van der Waals surface area contributed by atoms with Gasteiger partial charge in [0.15, 0.2) is 17.5 Å². The summed E-state index contributed by atoms with van der Waals surface area (Å²) < 4.78 is 5.68. The monoisotopic (exact) mass is 418 g/mol. The first kappa shape index (κ1) is 21.7. The van der Waals surface area contributed by atoms with Gasteiger partial charge >= 0.3 is 5.97 Å². The maximum atomic E-state index is 14.1. The van der Waals surface area contributed by atoms with E-state index >= 15 is 0 Å². The van der Waals surface area contributed by atoms with Crippen LogP contribution in [-0.2, 0) is 14.3 Å². The van der Waals surface area contributed by atoms with Gasteiger partial charge in [-0.15, -0.1) is 0 Å². The van der Waals surface area contributed by atoms with Crippen molar-refractivity contribution in [2.24, 2.45) is 34.5 Å². The summed E-state index contributed by atoms with van der Waals surface area (Å²) in [6.45, 7) is 9.40. The Balaban J connectivity index is 1.90. The summed E-state index contributed by atoms with van der Waals surface area (Å²) in [4.78, 5) is 26.5. The third-order valence-electron chi connectivity index (χ3n) is 8.60. The summed E-state index contributed by atoms with van der Waals surface area (Å²) in [5.74, 6) is -0.909. The number of aliphatic hydroxyl groups excluding tert-OH is 2. The minimum absolute atomic E-state index is 0.00890. The molecule has 8 atom stereocenters. The fraction of sp³-hybridized carbons (Fsp3) is 0.750. The van der Waals surface area contributed by atoms with Gasteiger partial charge in [0.2, 0.25) is 0 Å². The molecule has 0 aromatic carbocycles. The molecule has 6 nitrogen and oxygen atoms in total. The second kappa shape index (κ2) is 6.75. The van der Waals surface area contributed by atoms with Crippen LogP contribution in [0.25, 0.3) is 0 Å². The zero-order valence-corrected chi connectivity index (χ0v) is 18.5. The van der Waals surface area contributed by atoms with Gasteiger partial charge < -0.3 is 20.1 Å². The highest BCUT2D eigenvalue weighted by molar-refractivity contribution is 5.95. The van der Waals surface area contributed by atoms with Crippen molar-refractivity contribution < 1.29 is 29.6 Å². The van der Waals surface area contributed by atoms with E-state index in [2.05, 4.69) is 13.8 Å². The van der Waals surface area contributed by atoms with Crippen molar-refractivity contribution in [3.63, 3.8) is 0 Å². The molecule has 0 heterocycles. The summed E-state index contributed by atoms with van der Waals surface area (Å²) >= 11 is 0. The molecule has 0 saturated heterocycles. The Morgan fingerprint density at radius 3 is 2.60 bits per heavy atom. The number of ether oxygens (including phenoxy) is 1. The molecule has 6 heteroatoms. The van der Waals surface area contributed by atoms with Crippen LogP contribution in [0.2, 0.25) is 0 Å². The molecular formula is C24H34O6. The average Bonchev–Trinajstić information content (AvgIpc) is 3.16.